The van der Waals surface area contributed by atoms with Crippen LogP contribution >= 0.6 is 0 Å². The van der Waals surface area contributed by atoms with Crippen LogP contribution in [0, 0.1) is 5.92 Å². The van der Waals surface area contributed by atoms with Crippen LogP contribution in [0.3, 0.4) is 0 Å². The fourth-order valence-electron chi connectivity index (χ4n) is 2.07. The molecule has 0 bridgehead atoms. The predicted octanol–water partition coefficient (Wildman–Crippen LogP) is 2.99. The first-order valence-electron chi connectivity index (χ1n) is 5.00. The maximum atomic E-state index is 5.69. The minimum Gasteiger partial charge on any atom is -0.378 e. The van der Waals surface area contributed by atoms with Crippen molar-refractivity contribution in [1.82, 2.24) is 0 Å². The summed E-state index contributed by atoms with van der Waals surface area (Å²) in [4.78, 5) is 0. The Balaban J connectivity index is 2.31. The summed E-state index contributed by atoms with van der Waals surface area (Å²) in [5.74, 6) is 0.851. The van der Waals surface area contributed by atoms with Gasteiger partial charge in [-0.1, -0.05) is 26.2 Å². The third kappa shape index (κ3) is 2.48. The molecule has 1 rings (SSSR count). The van der Waals surface area contributed by atoms with Gasteiger partial charge in [0.2, 0.25) is 0 Å². The summed E-state index contributed by atoms with van der Waals surface area (Å²) >= 11 is 0. The smallest absolute Gasteiger partial charge is 0.0603 e. The molecule has 0 radical (unpaired) electrons. The van der Waals surface area contributed by atoms with Crippen LogP contribution in [0.4, 0.5) is 0 Å². The largest absolute Gasteiger partial charge is 0.378 e. The molecule has 2 unspecified atom stereocenters. The zero-order valence-corrected chi connectivity index (χ0v) is 7.81. The van der Waals surface area contributed by atoms with E-state index < -0.39 is 0 Å². The summed E-state index contributed by atoms with van der Waals surface area (Å²) in [6, 6.07) is 0. The highest BCUT2D eigenvalue weighted by Crippen LogP contribution is 2.28. The van der Waals surface area contributed by atoms with Crippen LogP contribution in [0.25, 0.3) is 0 Å². The molecule has 0 spiro atoms. The molecule has 0 aliphatic heterocycles. The monoisotopic (exact) mass is 156 g/mol. The van der Waals surface area contributed by atoms with Crippen molar-refractivity contribution < 1.29 is 4.74 Å². The standard InChI is InChI=1S/C10H20O/c1-3-9-7-5-6-8-10(9)11-4-2/h9-10H,3-8H2,1-2H3. The van der Waals surface area contributed by atoms with Crippen LogP contribution in [0.2, 0.25) is 0 Å². The van der Waals surface area contributed by atoms with E-state index in [9.17, 15) is 0 Å². The van der Waals surface area contributed by atoms with E-state index in [1.165, 1.54) is 32.1 Å². The maximum Gasteiger partial charge on any atom is 0.0603 e. The number of hydrogen-bond acceptors (Lipinski definition) is 1. The first-order valence-corrected chi connectivity index (χ1v) is 5.00. The SMILES string of the molecule is CCOC1CCCCC1CC. The minimum absolute atomic E-state index is 0.582. The second-order valence-electron chi connectivity index (χ2n) is 3.45. The Labute approximate surface area is 70.1 Å². The fourth-order valence-corrected chi connectivity index (χ4v) is 2.07. The summed E-state index contributed by atoms with van der Waals surface area (Å²) in [6.07, 6.45) is 7.36. The van der Waals surface area contributed by atoms with Gasteiger partial charge in [-0.2, -0.15) is 0 Å². The molecule has 0 aromatic carbocycles. The van der Waals surface area contributed by atoms with E-state index in [4.69, 9.17) is 4.74 Å². The van der Waals surface area contributed by atoms with Crippen molar-refractivity contribution in [2.45, 2.75) is 52.1 Å². The molecule has 0 N–H and O–H groups in total. The molecule has 1 saturated carbocycles. The molecular weight excluding hydrogens is 136 g/mol. The van der Waals surface area contributed by atoms with Crippen LogP contribution in [0.5, 0.6) is 0 Å². The Morgan fingerprint density at radius 2 is 1.91 bits per heavy atom. The van der Waals surface area contributed by atoms with Crippen LogP contribution < -0.4 is 0 Å². The average Bonchev–Trinajstić information content (AvgIpc) is 2.06. The second-order valence-corrected chi connectivity index (χ2v) is 3.45. The Kier molecular flexibility index (Phi) is 3.92. The number of hydrogen-bond donors (Lipinski definition) is 0. The van der Waals surface area contributed by atoms with Gasteiger partial charge in [0.25, 0.3) is 0 Å². The molecule has 0 heterocycles. The molecule has 1 heteroatoms. The highest BCUT2D eigenvalue weighted by atomic mass is 16.5. The molecule has 0 amide bonds. The van der Waals surface area contributed by atoms with Crippen molar-refractivity contribution in [3.05, 3.63) is 0 Å². The zero-order valence-electron chi connectivity index (χ0n) is 7.81. The summed E-state index contributed by atoms with van der Waals surface area (Å²) < 4.78 is 5.69. The van der Waals surface area contributed by atoms with E-state index in [1.807, 2.05) is 0 Å². The van der Waals surface area contributed by atoms with Crippen molar-refractivity contribution in [3.8, 4) is 0 Å². The van der Waals surface area contributed by atoms with E-state index in [2.05, 4.69) is 13.8 Å². The summed E-state index contributed by atoms with van der Waals surface area (Å²) in [6.45, 7) is 5.27. The third-order valence-corrected chi connectivity index (χ3v) is 2.74. The molecule has 1 fully saturated rings. The molecular formula is C10H20O. The molecule has 1 nitrogen and oxygen atoms in total. The first-order chi connectivity index (χ1) is 5.38. The Hall–Kier alpha value is -0.0400. The average molecular weight is 156 g/mol. The second kappa shape index (κ2) is 4.76. The van der Waals surface area contributed by atoms with Gasteiger partial charge in [0.15, 0.2) is 0 Å². The third-order valence-electron chi connectivity index (χ3n) is 2.74. The Bertz CT molecular complexity index is 99.0. The van der Waals surface area contributed by atoms with E-state index >= 15 is 0 Å². The van der Waals surface area contributed by atoms with Crippen molar-refractivity contribution in [3.63, 3.8) is 0 Å². The summed E-state index contributed by atoms with van der Waals surface area (Å²) in [5, 5.41) is 0. The zero-order chi connectivity index (χ0) is 8.10. The van der Waals surface area contributed by atoms with Gasteiger partial charge in [-0.3, -0.25) is 0 Å². The molecule has 1 aliphatic carbocycles. The Morgan fingerprint density at radius 1 is 1.18 bits per heavy atom. The van der Waals surface area contributed by atoms with Gasteiger partial charge in [-0.15, -0.1) is 0 Å². The lowest BCUT2D eigenvalue weighted by molar-refractivity contribution is -0.00529. The van der Waals surface area contributed by atoms with Gasteiger partial charge >= 0.3 is 0 Å². The molecule has 1 aliphatic rings. The summed E-state index contributed by atoms with van der Waals surface area (Å²) in [5.41, 5.74) is 0. The molecule has 0 saturated heterocycles. The van der Waals surface area contributed by atoms with Crippen LogP contribution in [0.15, 0.2) is 0 Å². The fraction of sp³-hybridized carbons (Fsp3) is 1.00. The normalized spacial score (nSPS) is 32.2. The number of ether oxygens (including phenoxy) is 1. The minimum atomic E-state index is 0.582. The lowest BCUT2D eigenvalue weighted by Gasteiger charge is -2.30. The molecule has 11 heavy (non-hydrogen) atoms. The highest BCUT2D eigenvalue weighted by Gasteiger charge is 2.23. The topological polar surface area (TPSA) is 9.23 Å². The van der Waals surface area contributed by atoms with Gasteiger partial charge in [0.05, 0.1) is 6.10 Å². The number of rotatable bonds is 3. The predicted molar refractivity (Wildman–Crippen MR) is 47.7 cm³/mol. The van der Waals surface area contributed by atoms with E-state index in [0.717, 1.165) is 12.5 Å². The molecule has 0 aromatic rings. The lowest BCUT2D eigenvalue weighted by Crippen LogP contribution is -2.27. The van der Waals surface area contributed by atoms with E-state index in [0.29, 0.717) is 6.10 Å². The van der Waals surface area contributed by atoms with Gasteiger partial charge in [-0.25, -0.2) is 0 Å². The van der Waals surface area contributed by atoms with E-state index in [1.54, 1.807) is 0 Å². The molecule has 2 atom stereocenters. The van der Waals surface area contributed by atoms with Crippen LogP contribution in [-0.4, -0.2) is 12.7 Å². The van der Waals surface area contributed by atoms with Crippen molar-refractivity contribution in [2.75, 3.05) is 6.61 Å². The van der Waals surface area contributed by atoms with Crippen molar-refractivity contribution in [1.29, 1.82) is 0 Å². The summed E-state index contributed by atoms with van der Waals surface area (Å²) in [7, 11) is 0. The van der Waals surface area contributed by atoms with Crippen LogP contribution in [0.1, 0.15) is 46.0 Å². The van der Waals surface area contributed by atoms with Crippen molar-refractivity contribution in [2.24, 2.45) is 5.92 Å². The Morgan fingerprint density at radius 3 is 2.55 bits per heavy atom. The van der Waals surface area contributed by atoms with Gasteiger partial charge < -0.3 is 4.74 Å². The lowest BCUT2D eigenvalue weighted by atomic mass is 9.85. The molecule has 0 aromatic heterocycles. The first kappa shape index (κ1) is 9.05. The highest BCUT2D eigenvalue weighted by molar-refractivity contribution is 4.74. The van der Waals surface area contributed by atoms with Gasteiger partial charge in [0, 0.05) is 6.61 Å². The maximum absolute atomic E-state index is 5.69. The molecule has 66 valence electrons. The van der Waals surface area contributed by atoms with Gasteiger partial charge in [-0.05, 0) is 25.7 Å². The quantitative estimate of drug-likeness (QED) is 0.610. The van der Waals surface area contributed by atoms with Crippen molar-refractivity contribution >= 4 is 0 Å². The van der Waals surface area contributed by atoms with E-state index in [-0.39, 0.29) is 0 Å². The van der Waals surface area contributed by atoms with Crippen LogP contribution in [-0.2, 0) is 4.74 Å². The van der Waals surface area contributed by atoms with Gasteiger partial charge in [0.1, 0.15) is 0 Å².